The lowest BCUT2D eigenvalue weighted by atomic mass is 10.2. The third kappa shape index (κ3) is 3.25. The molecule has 0 saturated carbocycles. The van der Waals surface area contributed by atoms with Gasteiger partial charge in [0.05, 0.1) is 7.11 Å². The second kappa shape index (κ2) is 6.19. The Balaban J connectivity index is 2.81. The molecule has 0 unspecified atom stereocenters. The predicted octanol–water partition coefficient (Wildman–Crippen LogP) is 2.32. The summed E-state index contributed by atoms with van der Waals surface area (Å²) < 4.78 is 10.5. The lowest BCUT2D eigenvalue weighted by Gasteiger charge is -2.10. The normalized spacial score (nSPS) is 8.71. The zero-order valence-electron chi connectivity index (χ0n) is 9.73. The smallest absolute Gasteiger partial charge is 0.170 e. The second-order valence-corrected chi connectivity index (χ2v) is 3.28. The van der Waals surface area contributed by atoms with Crippen molar-refractivity contribution in [2.24, 2.45) is 0 Å². The van der Waals surface area contributed by atoms with Crippen molar-refractivity contribution in [2.75, 3.05) is 13.7 Å². The molecule has 0 aliphatic carbocycles. The third-order valence-corrected chi connectivity index (χ3v) is 2.20. The van der Waals surface area contributed by atoms with Crippen LogP contribution in [0.5, 0.6) is 5.75 Å². The number of nitriles is 2. The summed E-state index contributed by atoms with van der Waals surface area (Å²) in [4.78, 5) is 0. The minimum absolute atomic E-state index is 0.0673. The summed E-state index contributed by atoms with van der Waals surface area (Å²) in [5, 5.41) is 17.4. The van der Waals surface area contributed by atoms with Gasteiger partial charge in [-0.25, -0.2) is 0 Å². The standard InChI is InChI=1S/C13H12N2O2/c1-10-5-3-4-6-12(10)17-9-13(16-2)11(7-14)8-15/h3-6H,9H2,1-2H3. The Morgan fingerprint density at radius 1 is 1.24 bits per heavy atom. The molecule has 1 aromatic rings. The van der Waals surface area contributed by atoms with Crippen molar-refractivity contribution in [3.8, 4) is 17.9 Å². The van der Waals surface area contributed by atoms with Crippen molar-refractivity contribution in [1.82, 2.24) is 0 Å². The lowest BCUT2D eigenvalue weighted by molar-refractivity contribution is 0.217. The molecule has 17 heavy (non-hydrogen) atoms. The number of nitrogens with zero attached hydrogens (tertiary/aromatic N) is 2. The van der Waals surface area contributed by atoms with Crippen molar-refractivity contribution >= 4 is 0 Å². The average Bonchev–Trinajstić information content (AvgIpc) is 2.36. The molecule has 0 aromatic heterocycles. The van der Waals surface area contributed by atoms with Gasteiger partial charge in [-0.15, -0.1) is 0 Å². The van der Waals surface area contributed by atoms with Gasteiger partial charge in [-0.2, -0.15) is 10.5 Å². The van der Waals surface area contributed by atoms with E-state index in [9.17, 15) is 0 Å². The maximum absolute atomic E-state index is 8.71. The SMILES string of the molecule is COC(COc1ccccc1C)=C(C#N)C#N. The van der Waals surface area contributed by atoms with Crippen LogP contribution in [0.1, 0.15) is 5.56 Å². The van der Waals surface area contributed by atoms with E-state index < -0.39 is 0 Å². The molecule has 4 heteroatoms. The average molecular weight is 228 g/mol. The molecule has 0 atom stereocenters. The minimum atomic E-state index is -0.0684. The number of para-hydroxylation sites is 1. The van der Waals surface area contributed by atoms with Crippen LogP contribution in [0.3, 0.4) is 0 Å². The van der Waals surface area contributed by atoms with Gasteiger partial charge in [-0.3, -0.25) is 0 Å². The Bertz CT molecular complexity index is 491. The van der Waals surface area contributed by atoms with Gasteiger partial charge < -0.3 is 9.47 Å². The molecule has 0 N–H and O–H groups in total. The van der Waals surface area contributed by atoms with E-state index in [-0.39, 0.29) is 17.9 Å². The molecule has 0 spiro atoms. The van der Waals surface area contributed by atoms with Crippen LogP contribution in [0.4, 0.5) is 0 Å². The molecule has 0 aliphatic rings. The van der Waals surface area contributed by atoms with E-state index in [1.165, 1.54) is 7.11 Å². The lowest BCUT2D eigenvalue weighted by Crippen LogP contribution is -2.06. The van der Waals surface area contributed by atoms with Crippen LogP contribution in [-0.4, -0.2) is 13.7 Å². The summed E-state index contributed by atoms with van der Waals surface area (Å²) >= 11 is 0. The summed E-state index contributed by atoms with van der Waals surface area (Å²) in [6, 6.07) is 11.0. The molecule has 0 amide bonds. The van der Waals surface area contributed by atoms with Gasteiger partial charge >= 0.3 is 0 Å². The van der Waals surface area contributed by atoms with Crippen molar-refractivity contribution in [2.45, 2.75) is 6.92 Å². The molecule has 1 rings (SSSR count). The van der Waals surface area contributed by atoms with Crippen molar-refractivity contribution < 1.29 is 9.47 Å². The van der Waals surface area contributed by atoms with E-state index in [4.69, 9.17) is 20.0 Å². The van der Waals surface area contributed by atoms with E-state index in [1.807, 2.05) is 31.2 Å². The first-order valence-electron chi connectivity index (χ1n) is 4.98. The van der Waals surface area contributed by atoms with E-state index >= 15 is 0 Å². The van der Waals surface area contributed by atoms with Crippen LogP contribution in [0.2, 0.25) is 0 Å². The minimum Gasteiger partial charge on any atom is -0.495 e. The number of aryl methyl sites for hydroxylation is 1. The molecule has 86 valence electrons. The quantitative estimate of drug-likeness (QED) is 0.586. The first-order chi connectivity index (χ1) is 8.22. The summed E-state index contributed by atoms with van der Waals surface area (Å²) in [6.45, 7) is 1.98. The van der Waals surface area contributed by atoms with Gasteiger partial charge in [0.25, 0.3) is 0 Å². The molecule has 0 aliphatic heterocycles. The van der Waals surface area contributed by atoms with Crippen LogP contribution < -0.4 is 4.74 Å². The van der Waals surface area contributed by atoms with Gasteiger partial charge in [0, 0.05) is 0 Å². The van der Waals surface area contributed by atoms with Crippen LogP contribution in [-0.2, 0) is 4.74 Å². The fraction of sp³-hybridized carbons (Fsp3) is 0.231. The summed E-state index contributed by atoms with van der Waals surface area (Å²) in [5.41, 5.74) is 0.916. The fourth-order valence-electron chi connectivity index (χ4n) is 1.24. The van der Waals surface area contributed by atoms with Gasteiger partial charge in [0.15, 0.2) is 11.3 Å². The van der Waals surface area contributed by atoms with Gasteiger partial charge in [0.2, 0.25) is 0 Å². The van der Waals surface area contributed by atoms with Gasteiger partial charge in [-0.1, -0.05) is 18.2 Å². The highest BCUT2D eigenvalue weighted by atomic mass is 16.5. The van der Waals surface area contributed by atoms with E-state index in [2.05, 4.69) is 0 Å². The molecule has 0 saturated heterocycles. The van der Waals surface area contributed by atoms with Crippen molar-refractivity contribution in [1.29, 1.82) is 10.5 Å². The molecule has 0 fully saturated rings. The highest BCUT2D eigenvalue weighted by molar-refractivity contribution is 5.39. The monoisotopic (exact) mass is 228 g/mol. The summed E-state index contributed by atoms with van der Waals surface area (Å²) in [5.74, 6) is 0.940. The Labute approximate surface area is 100 Å². The zero-order chi connectivity index (χ0) is 12.7. The van der Waals surface area contributed by atoms with Crippen LogP contribution in [0.15, 0.2) is 35.6 Å². The molecular formula is C13H12N2O2. The van der Waals surface area contributed by atoms with E-state index in [0.29, 0.717) is 5.75 Å². The predicted molar refractivity (Wildman–Crippen MR) is 61.9 cm³/mol. The Kier molecular flexibility index (Phi) is 4.59. The van der Waals surface area contributed by atoms with Gasteiger partial charge in [-0.05, 0) is 18.6 Å². The molecule has 0 heterocycles. The number of hydrogen-bond donors (Lipinski definition) is 0. The Morgan fingerprint density at radius 2 is 1.88 bits per heavy atom. The number of hydrogen-bond acceptors (Lipinski definition) is 4. The van der Waals surface area contributed by atoms with E-state index in [0.717, 1.165) is 5.56 Å². The van der Waals surface area contributed by atoms with Crippen molar-refractivity contribution in [3.05, 3.63) is 41.2 Å². The number of methoxy groups -OCH3 is 1. The maximum atomic E-state index is 8.71. The highest BCUT2D eigenvalue weighted by Crippen LogP contribution is 2.17. The van der Waals surface area contributed by atoms with E-state index in [1.54, 1.807) is 12.1 Å². The number of benzene rings is 1. The molecule has 1 aromatic carbocycles. The molecule has 4 nitrogen and oxygen atoms in total. The maximum Gasteiger partial charge on any atom is 0.170 e. The van der Waals surface area contributed by atoms with Crippen molar-refractivity contribution in [3.63, 3.8) is 0 Å². The number of ether oxygens (including phenoxy) is 2. The zero-order valence-corrected chi connectivity index (χ0v) is 9.73. The first-order valence-corrected chi connectivity index (χ1v) is 4.98. The van der Waals surface area contributed by atoms with Gasteiger partial charge in [0.1, 0.15) is 24.5 Å². The Hall–Kier alpha value is -2.46. The van der Waals surface area contributed by atoms with Crippen LogP contribution in [0, 0.1) is 29.6 Å². The summed E-state index contributed by atoms with van der Waals surface area (Å²) in [7, 11) is 1.41. The third-order valence-electron chi connectivity index (χ3n) is 2.20. The molecule has 0 bridgehead atoms. The topological polar surface area (TPSA) is 66.0 Å². The largest absolute Gasteiger partial charge is 0.495 e. The highest BCUT2D eigenvalue weighted by Gasteiger charge is 2.08. The number of allylic oxidation sites excluding steroid dienone is 1. The number of rotatable bonds is 4. The molecule has 0 radical (unpaired) electrons. The Morgan fingerprint density at radius 3 is 2.41 bits per heavy atom. The first kappa shape index (κ1) is 12.6. The fourth-order valence-corrected chi connectivity index (χ4v) is 1.24. The van der Waals surface area contributed by atoms with Crippen LogP contribution >= 0.6 is 0 Å². The second-order valence-electron chi connectivity index (χ2n) is 3.28. The summed E-state index contributed by atoms with van der Waals surface area (Å²) in [6.07, 6.45) is 0. The molecular weight excluding hydrogens is 216 g/mol. The van der Waals surface area contributed by atoms with Crippen LogP contribution in [0.25, 0.3) is 0 Å².